The number of aromatic nitrogens is 1. The molecule has 2 saturated heterocycles. The summed E-state index contributed by atoms with van der Waals surface area (Å²) < 4.78 is 6.35. The SMILES string of the molecule is CC(C)(C)[Si](C)(C)OCc1ccc(N2CC3(C2)CN(c2ccc(N)nc2)C3)cc1. The highest BCUT2D eigenvalue weighted by atomic mass is 28.4. The first-order chi connectivity index (χ1) is 13.6. The topological polar surface area (TPSA) is 54.6 Å². The molecule has 156 valence electrons. The summed E-state index contributed by atoms with van der Waals surface area (Å²) in [6.45, 7) is 16.7. The summed E-state index contributed by atoms with van der Waals surface area (Å²) in [5, 5.41) is 0.248. The maximum absolute atomic E-state index is 6.35. The van der Waals surface area contributed by atoms with Gasteiger partial charge in [0.25, 0.3) is 0 Å². The number of pyridine rings is 1. The molecule has 3 heterocycles. The van der Waals surface area contributed by atoms with Crippen LogP contribution in [0.15, 0.2) is 42.6 Å². The lowest BCUT2D eigenvalue weighted by atomic mass is 9.72. The molecule has 2 aromatic rings. The van der Waals surface area contributed by atoms with Crippen LogP contribution >= 0.6 is 0 Å². The zero-order valence-electron chi connectivity index (χ0n) is 18.4. The van der Waals surface area contributed by atoms with Crippen molar-refractivity contribution in [2.24, 2.45) is 5.41 Å². The Morgan fingerprint density at radius 1 is 0.966 bits per heavy atom. The zero-order chi connectivity index (χ0) is 20.9. The molecule has 0 amide bonds. The fourth-order valence-corrected chi connectivity index (χ4v) is 4.92. The van der Waals surface area contributed by atoms with Crippen LogP contribution in [0.2, 0.25) is 18.1 Å². The molecule has 5 nitrogen and oxygen atoms in total. The number of nitrogens with zero attached hydrogens (tertiary/aromatic N) is 3. The second-order valence-corrected chi connectivity index (χ2v) is 15.2. The van der Waals surface area contributed by atoms with E-state index in [1.54, 1.807) is 0 Å². The Bertz CT molecular complexity index is 844. The van der Waals surface area contributed by atoms with Crippen molar-refractivity contribution in [2.75, 3.05) is 41.7 Å². The molecular formula is C23H34N4OSi. The van der Waals surface area contributed by atoms with E-state index in [-0.39, 0.29) is 5.04 Å². The molecule has 0 saturated carbocycles. The van der Waals surface area contributed by atoms with Crippen molar-refractivity contribution in [3.8, 4) is 0 Å². The van der Waals surface area contributed by atoms with Gasteiger partial charge in [-0.25, -0.2) is 4.98 Å². The highest BCUT2D eigenvalue weighted by Gasteiger charge is 2.51. The van der Waals surface area contributed by atoms with Gasteiger partial charge in [-0.1, -0.05) is 32.9 Å². The van der Waals surface area contributed by atoms with Crippen LogP contribution in [0.5, 0.6) is 0 Å². The van der Waals surface area contributed by atoms with Gasteiger partial charge in [0.2, 0.25) is 0 Å². The molecule has 6 heteroatoms. The summed E-state index contributed by atoms with van der Waals surface area (Å²) >= 11 is 0. The third-order valence-corrected chi connectivity index (χ3v) is 11.4. The van der Waals surface area contributed by atoms with E-state index in [2.05, 4.69) is 79.0 Å². The van der Waals surface area contributed by atoms with Gasteiger partial charge in [0.05, 0.1) is 18.5 Å². The predicted octanol–water partition coefficient (Wildman–Crippen LogP) is 4.51. The van der Waals surface area contributed by atoms with Crippen molar-refractivity contribution in [3.05, 3.63) is 48.2 Å². The Labute approximate surface area is 176 Å². The highest BCUT2D eigenvalue weighted by Crippen LogP contribution is 2.43. The van der Waals surface area contributed by atoms with Crippen molar-refractivity contribution < 1.29 is 4.43 Å². The minimum atomic E-state index is -1.70. The lowest BCUT2D eigenvalue weighted by molar-refractivity contribution is 0.156. The molecule has 0 bridgehead atoms. The first-order valence-electron chi connectivity index (χ1n) is 10.5. The van der Waals surface area contributed by atoms with Gasteiger partial charge in [0, 0.05) is 37.3 Å². The summed E-state index contributed by atoms with van der Waals surface area (Å²) in [5.74, 6) is 0.581. The fourth-order valence-electron chi connectivity index (χ4n) is 3.96. The van der Waals surface area contributed by atoms with Gasteiger partial charge in [0.1, 0.15) is 5.82 Å². The molecule has 29 heavy (non-hydrogen) atoms. The predicted molar refractivity (Wildman–Crippen MR) is 124 cm³/mol. The van der Waals surface area contributed by atoms with E-state index in [4.69, 9.17) is 10.2 Å². The van der Waals surface area contributed by atoms with E-state index in [1.165, 1.54) is 16.9 Å². The molecule has 1 aromatic carbocycles. The molecule has 2 fully saturated rings. The van der Waals surface area contributed by atoms with Crippen molar-refractivity contribution in [1.29, 1.82) is 0 Å². The minimum absolute atomic E-state index is 0.248. The van der Waals surface area contributed by atoms with Gasteiger partial charge in [-0.05, 0) is 48.0 Å². The van der Waals surface area contributed by atoms with E-state index >= 15 is 0 Å². The third kappa shape index (κ3) is 4.01. The lowest BCUT2D eigenvalue weighted by Crippen LogP contribution is -2.72. The summed E-state index contributed by atoms with van der Waals surface area (Å²) in [6.07, 6.45) is 1.88. The quantitative estimate of drug-likeness (QED) is 0.735. The third-order valence-electron chi connectivity index (χ3n) is 6.95. The lowest BCUT2D eigenvalue weighted by Gasteiger charge is -2.61. The number of hydrogen-bond acceptors (Lipinski definition) is 5. The summed E-state index contributed by atoms with van der Waals surface area (Å²) in [6, 6.07) is 12.9. The van der Waals surface area contributed by atoms with Crippen molar-refractivity contribution in [3.63, 3.8) is 0 Å². The Hall–Kier alpha value is -2.05. The molecule has 0 radical (unpaired) electrons. The Kier molecular flexibility index (Phi) is 4.90. The van der Waals surface area contributed by atoms with Crippen LogP contribution in [0, 0.1) is 5.41 Å². The molecule has 4 rings (SSSR count). The van der Waals surface area contributed by atoms with Crippen LogP contribution in [0.25, 0.3) is 0 Å². The monoisotopic (exact) mass is 410 g/mol. The van der Waals surface area contributed by atoms with Crippen molar-refractivity contribution >= 4 is 25.5 Å². The molecule has 2 N–H and O–H groups in total. The van der Waals surface area contributed by atoms with Gasteiger partial charge in [-0.15, -0.1) is 0 Å². The van der Waals surface area contributed by atoms with Crippen LogP contribution in [0.4, 0.5) is 17.2 Å². The second-order valence-electron chi connectivity index (χ2n) is 10.4. The number of benzene rings is 1. The molecule has 0 aliphatic carbocycles. The summed E-state index contributed by atoms with van der Waals surface area (Å²) in [5.41, 5.74) is 9.88. The normalized spacial score (nSPS) is 18.5. The highest BCUT2D eigenvalue weighted by molar-refractivity contribution is 6.74. The fraction of sp³-hybridized carbons (Fsp3) is 0.522. The van der Waals surface area contributed by atoms with Gasteiger partial charge in [-0.3, -0.25) is 0 Å². The summed E-state index contributed by atoms with van der Waals surface area (Å²) in [7, 11) is -1.70. The molecule has 2 aliphatic rings. The first-order valence-corrected chi connectivity index (χ1v) is 13.4. The Morgan fingerprint density at radius 3 is 2.03 bits per heavy atom. The number of rotatable bonds is 5. The zero-order valence-corrected chi connectivity index (χ0v) is 19.4. The van der Waals surface area contributed by atoms with Crippen LogP contribution < -0.4 is 15.5 Å². The van der Waals surface area contributed by atoms with Crippen molar-refractivity contribution in [2.45, 2.75) is 45.5 Å². The van der Waals surface area contributed by atoms with E-state index in [0.717, 1.165) is 26.2 Å². The average molecular weight is 411 g/mol. The van der Waals surface area contributed by atoms with E-state index in [1.807, 2.05) is 12.3 Å². The van der Waals surface area contributed by atoms with Crippen molar-refractivity contribution in [1.82, 2.24) is 4.98 Å². The van der Waals surface area contributed by atoms with Gasteiger partial charge in [0.15, 0.2) is 8.32 Å². The maximum atomic E-state index is 6.35. The number of anilines is 3. The molecule has 2 aliphatic heterocycles. The molecule has 0 unspecified atom stereocenters. The first kappa shape index (κ1) is 20.2. The van der Waals surface area contributed by atoms with Gasteiger partial charge in [-0.2, -0.15) is 0 Å². The van der Waals surface area contributed by atoms with Crippen LogP contribution in [-0.2, 0) is 11.0 Å². The van der Waals surface area contributed by atoms with Crippen LogP contribution in [0.3, 0.4) is 0 Å². The molecular weight excluding hydrogens is 376 g/mol. The van der Waals surface area contributed by atoms with Gasteiger partial charge < -0.3 is 20.0 Å². The molecule has 0 atom stereocenters. The second kappa shape index (κ2) is 7.02. The van der Waals surface area contributed by atoms with E-state index in [0.29, 0.717) is 17.8 Å². The van der Waals surface area contributed by atoms with Crippen LogP contribution in [-0.4, -0.2) is 39.5 Å². The van der Waals surface area contributed by atoms with Crippen LogP contribution in [0.1, 0.15) is 26.3 Å². The molecule has 1 aromatic heterocycles. The standard InChI is InChI=1S/C23H34N4OSi/c1-22(2,3)29(4,5)28-13-18-6-8-19(9-7-18)26-14-23(15-26)16-27(17-23)20-10-11-21(24)25-12-20/h6-12H,13-17H2,1-5H3,(H2,24,25). The largest absolute Gasteiger partial charge is 0.413 e. The Balaban J connectivity index is 1.27. The average Bonchev–Trinajstić information content (AvgIpc) is 2.59. The van der Waals surface area contributed by atoms with E-state index < -0.39 is 8.32 Å². The number of hydrogen-bond donors (Lipinski definition) is 1. The van der Waals surface area contributed by atoms with E-state index in [9.17, 15) is 0 Å². The maximum Gasteiger partial charge on any atom is 0.192 e. The smallest absolute Gasteiger partial charge is 0.192 e. The van der Waals surface area contributed by atoms with Gasteiger partial charge >= 0.3 is 0 Å². The minimum Gasteiger partial charge on any atom is -0.413 e. The summed E-state index contributed by atoms with van der Waals surface area (Å²) in [4.78, 5) is 9.08. The number of nitrogen functional groups attached to an aromatic ring is 1. The number of nitrogens with two attached hydrogens (primary N) is 1. The Morgan fingerprint density at radius 2 is 1.52 bits per heavy atom. The molecule has 1 spiro atoms.